The number of ether oxygens (including phenoxy) is 4. The average molecular weight is 970 g/mol. The Morgan fingerprint density at radius 2 is 1.70 bits per heavy atom. The number of carbonyl (C=O) groups excluding carboxylic acids is 2. The van der Waals surface area contributed by atoms with Crippen LogP contribution in [-0.4, -0.2) is 82.1 Å². The Morgan fingerprint density at radius 3 is 2.39 bits per heavy atom. The van der Waals surface area contributed by atoms with Crippen molar-refractivity contribution >= 4 is 35.2 Å². The Kier molecular flexibility index (Phi) is 17.8. The summed E-state index contributed by atoms with van der Waals surface area (Å²) < 4.78 is 40.3. The normalized spacial score (nSPS) is 21.7. The number of aliphatic hydroxyl groups is 2. The minimum Gasteiger partial charge on any atom is -0.459 e. The van der Waals surface area contributed by atoms with Crippen molar-refractivity contribution in [2.24, 2.45) is 22.9 Å². The highest BCUT2D eigenvalue weighted by Gasteiger charge is 2.65. The van der Waals surface area contributed by atoms with Crippen LogP contribution in [0.3, 0.4) is 0 Å². The molecule has 0 bridgehead atoms. The lowest BCUT2D eigenvalue weighted by Crippen LogP contribution is -2.70. The van der Waals surface area contributed by atoms with Crippen LogP contribution in [0.2, 0.25) is 0 Å². The van der Waals surface area contributed by atoms with Gasteiger partial charge in [0.15, 0.2) is 0 Å². The van der Waals surface area contributed by atoms with E-state index in [4.69, 9.17) is 40.5 Å². The van der Waals surface area contributed by atoms with E-state index in [9.17, 15) is 34.3 Å². The van der Waals surface area contributed by atoms with Crippen LogP contribution in [0.4, 0.5) is 19.7 Å². The van der Waals surface area contributed by atoms with Crippen molar-refractivity contribution in [1.29, 1.82) is 0 Å². The third-order valence-corrected chi connectivity index (χ3v) is 13.0. The summed E-state index contributed by atoms with van der Waals surface area (Å²) in [6, 6.07) is 25.4. The summed E-state index contributed by atoms with van der Waals surface area (Å²) in [5, 5.41) is 39.0. The highest BCUT2D eigenvalue weighted by atomic mass is 35.5. The topological polar surface area (TPSA) is 192 Å². The lowest BCUT2D eigenvalue weighted by atomic mass is 9.55. The minimum atomic E-state index is -1.67. The Labute approximate surface area is 405 Å². The van der Waals surface area contributed by atoms with Crippen molar-refractivity contribution in [3.63, 3.8) is 0 Å². The molecule has 366 valence electrons. The van der Waals surface area contributed by atoms with Crippen molar-refractivity contribution in [1.82, 2.24) is 10.2 Å². The van der Waals surface area contributed by atoms with Crippen LogP contribution in [0, 0.1) is 33.7 Å². The quantitative estimate of drug-likeness (QED) is 0.0211. The van der Waals surface area contributed by atoms with E-state index in [2.05, 4.69) is 18.0 Å². The van der Waals surface area contributed by atoms with Crippen LogP contribution in [0.15, 0.2) is 127 Å². The molecule has 3 N–H and O–H groups in total. The second-order valence-corrected chi connectivity index (χ2v) is 17.6. The van der Waals surface area contributed by atoms with E-state index in [0.717, 1.165) is 16.7 Å². The standard InChI is InChI=1S/C52H58ClFN4O11/c1-2-27-66-52-47(57(51(62)65-28-24-53)33-36-14-18-39(54)19-15-36)31-45(56-67-34-37-16-20-40(21-17-37)58(63)64)43-29-38(12-6-8-25-59)42(13-7-9-26-60)48(49(43)52)44-30-41(22-23-46(44)69-52)68-50(61)55-32-35-10-4-3-5-11-35/h2-5,10-11,14-23,29-30,38,42,47-49,59-60H,1,6-9,12-13,24-28,31-34H2,(H,55,61). The third kappa shape index (κ3) is 12.3. The first kappa shape index (κ1) is 50.5. The summed E-state index contributed by atoms with van der Waals surface area (Å²) in [6.45, 7) is 4.00. The molecular weight excluding hydrogens is 911 g/mol. The number of nitrogens with zero attached hydrogens (tertiary/aromatic N) is 3. The van der Waals surface area contributed by atoms with Crippen molar-refractivity contribution < 1.29 is 52.9 Å². The maximum atomic E-state index is 14.6. The molecule has 0 radical (unpaired) electrons. The third-order valence-electron chi connectivity index (χ3n) is 12.9. The second kappa shape index (κ2) is 24.3. The Hall–Kier alpha value is -6.33. The van der Waals surface area contributed by atoms with Gasteiger partial charge in [-0.1, -0.05) is 72.6 Å². The Balaban J connectivity index is 1.41. The zero-order valence-corrected chi connectivity index (χ0v) is 39.0. The van der Waals surface area contributed by atoms with E-state index in [1.54, 1.807) is 42.5 Å². The van der Waals surface area contributed by atoms with Crippen LogP contribution < -0.4 is 14.8 Å². The van der Waals surface area contributed by atoms with Crippen LogP contribution in [-0.2, 0) is 34.0 Å². The van der Waals surface area contributed by atoms with Gasteiger partial charge in [-0.15, -0.1) is 18.2 Å². The molecule has 1 aliphatic heterocycles. The lowest BCUT2D eigenvalue weighted by Gasteiger charge is -2.59. The Bertz CT molecular complexity index is 2440. The number of benzene rings is 4. The largest absolute Gasteiger partial charge is 0.459 e. The molecule has 2 amide bonds. The summed E-state index contributed by atoms with van der Waals surface area (Å²) in [5.41, 5.74) is 3.97. The Morgan fingerprint density at radius 1 is 0.971 bits per heavy atom. The molecule has 0 saturated heterocycles. The number of nitro benzene ring substituents is 1. The van der Waals surface area contributed by atoms with E-state index in [-0.39, 0.29) is 81.7 Å². The molecule has 7 rings (SSSR count). The van der Waals surface area contributed by atoms with Gasteiger partial charge in [0.25, 0.3) is 5.69 Å². The molecule has 4 aromatic carbocycles. The number of non-ortho nitro benzene ring substituents is 1. The van der Waals surface area contributed by atoms with E-state index < -0.39 is 46.6 Å². The summed E-state index contributed by atoms with van der Waals surface area (Å²) in [4.78, 5) is 46.4. The van der Waals surface area contributed by atoms with Gasteiger partial charge in [-0.25, -0.2) is 14.0 Å². The van der Waals surface area contributed by atoms with Gasteiger partial charge in [-0.05, 0) is 102 Å². The van der Waals surface area contributed by atoms with Crippen LogP contribution in [0.5, 0.6) is 11.5 Å². The first-order valence-corrected chi connectivity index (χ1v) is 23.8. The zero-order chi connectivity index (χ0) is 48.8. The van der Waals surface area contributed by atoms with Crippen molar-refractivity contribution in [3.05, 3.63) is 160 Å². The number of carbonyl (C=O) groups is 2. The molecular formula is C52H58ClFN4O11. The molecule has 15 nitrogen and oxygen atoms in total. The molecule has 2 aliphatic carbocycles. The number of nitro groups is 1. The monoisotopic (exact) mass is 968 g/mol. The maximum absolute atomic E-state index is 14.6. The van der Waals surface area contributed by atoms with Crippen molar-refractivity contribution in [2.45, 2.75) is 82.4 Å². The molecule has 1 heterocycles. The number of oxime groups is 1. The predicted octanol–water partition coefficient (Wildman–Crippen LogP) is 9.73. The molecule has 69 heavy (non-hydrogen) atoms. The maximum Gasteiger partial charge on any atom is 0.412 e. The predicted molar refractivity (Wildman–Crippen MR) is 256 cm³/mol. The number of allylic oxidation sites excluding steroid dienone is 1. The average Bonchev–Trinajstić information content (AvgIpc) is 3.36. The molecule has 4 aromatic rings. The van der Waals surface area contributed by atoms with Gasteiger partial charge in [0, 0.05) is 56.3 Å². The molecule has 1 saturated carbocycles. The van der Waals surface area contributed by atoms with Crippen molar-refractivity contribution in [3.8, 4) is 11.5 Å². The molecule has 17 heteroatoms. The number of alkyl halides is 1. The number of halogens is 2. The lowest BCUT2D eigenvalue weighted by molar-refractivity contribution is -0.384. The van der Waals surface area contributed by atoms with Crippen molar-refractivity contribution in [2.75, 3.05) is 32.3 Å². The highest BCUT2D eigenvalue weighted by molar-refractivity contribution is 6.18. The highest BCUT2D eigenvalue weighted by Crippen LogP contribution is 2.62. The van der Waals surface area contributed by atoms with Crippen LogP contribution in [0.1, 0.15) is 73.1 Å². The van der Waals surface area contributed by atoms with E-state index >= 15 is 0 Å². The van der Waals surface area contributed by atoms with Crippen LogP contribution >= 0.6 is 11.6 Å². The van der Waals surface area contributed by atoms with Gasteiger partial charge in [0.1, 0.15) is 36.6 Å². The van der Waals surface area contributed by atoms with Crippen LogP contribution in [0.25, 0.3) is 0 Å². The fourth-order valence-corrected chi connectivity index (χ4v) is 9.90. The molecule has 6 atom stereocenters. The van der Waals surface area contributed by atoms with E-state index in [0.29, 0.717) is 61.1 Å². The fourth-order valence-electron chi connectivity index (χ4n) is 9.82. The summed E-state index contributed by atoms with van der Waals surface area (Å²) in [5.74, 6) is -2.85. The van der Waals surface area contributed by atoms with Gasteiger partial charge in [0.2, 0.25) is 5.79 Å². The number of rotatable bonds is 23. The molecule has 6 unspecified atom stereocenters. The molecule has 0 aromatic heterocycles. The van der Waals surface area contributed by atoms with E-state index in [1.165, 1.54) is 29.2 Å². The number of aliphatic hydroxyl groups excluding tert-OH is 2. The molecule has 3 aliphatic rings. The summed E-state index contributed by atoms with van der Waals surface area (Å²) in [6.07, 6.45) is 6.23. The number of amides is 2. The first-order chi connectivity index (χ1) is 33.6. The summed E-state index contributed by atoms with van der Waals surface area (Å²) >= 11 is 6.07. The van der Waals surface area contributed by atoms with Gasteiger partial charge < -0.3 is 39.3 Å². The number of nitrogens with one attached hydrogen (secondary N) is 1. The van der Waals surface area contributed by atoms with Gasteiger partial charge >= 0.3 is 12.2 Å². The number of unbranched alkanes of at least 4 members (excludes halogenated alkanes) is 2. The SMILES string of the molecule is C=CCOC12Oc3ccc(OC(=O)NCc4ccccc4)cc3C3C(CCCCO)C(CCCCO)C=C(C(=NOCc4ccc([N+](=O)[O-])cc4)CC1N(Cc1ccc(F)cc1)C(=O)OCCCl)C32. The summed E-state index contributed by atoms with van der Waals surface area (Å²) in [7, 11) is 0. The van der Waals surface area contributed by atoms with E-state index in [1.807, 2.05) is 36.4 Å². The molecule has 0 spiro atoms. The number of hydrogen-bond donors (Lipinski definition) is 3. The minimum absolute atomic E-state index is 0.00696. The number of fused-ring (bicyclic) bond motifs is 2. The second-order valence-electron chi connectivity index (χ2n) is 17.3. The first-order valence-electron chi connectivity index (χ1n) is 23.3. The number of hydrogen-bond acceptors (Lipinski definition) is 12. The smallest absolute Gasteiger partial charge is 0.412 e. The van der Waals surface area contributed by atoms with Gasteiger partial charge in [-0.3, -0.25) is 15.0 Å². The van der Waals surface area contributed by atoms with Gasteiger partial charge in [0.05, 0.1) is 29.0 Å². The molecule has 1 fully saturated rings. The fraction of sp³-hybridized carbons (Fsp3) is 0.404. The van der Waals surface area contributed by atoms with Gasteiger partial charge in [-0.2, -0.15) is 0 Å². The zero-order valence-electron chi connectivity index (χ0n) is 38.3.